The van der Waals surface area contributed by atoms with Crippen LogP contribution in [0.25, 0.3) is 11.6 Å². The van der Waals surface area contributed by atoms with Gasteiger partial charge in [0, 0.05) is 24.5 Å². The number of hydrogen-bond acceptors (Lipinski definition) is 4. The highest BCUT2D eigenvalue weighted by Gasteiger charge is 2.17. The minimum absolute atomic E-state index is 0.142. The number of rotatable bonds is 13. The SMILES string of the molecule is CSCC[C@@H](CO)NC(=O)c1cc(/C=C(/Cn2ccnc2)c2ccc(F)cc2)ccc1CCc1ccc(F)cc1. The van der Waals surface area contributed by atoms with Gasteiger partial charge >= 0.3 is 0 Å². The van der Waals surface area contributed by atoms with E-state index >= 15 is 0 Å². The molecule has 0 fully saturated rings. The zero-order valence-electron chi connectivity index (χ0n) is 22.4. The third kappa shape index (κ3) is 8.37. The second-order valence-corrected chi connectivity index (χ2v) is 10.6. The predicted molar refractivity (Wildman–Crippen MR) is 158 cm³/mol. The fraction of sp³-hybridized carbons (Fsp3) is 0.250. The number of hydrogen-bond donors (Lipinski definition) is 2. The lowest BCUT2D eigenvalue weighted by molar-refractivity contribution is 0.0914. The molecule has 1 aromatic heterocycles. The largest absolute Gasteiger partial charge is 0.394 e. The first-order valence-electron chi connectivity index (χ1n) is 13.2. The molecule has 1 atom stereocenters. The molecule has 2 N–H and O–H groups in total. The van der Waals surface area contributed by atoms with Gasteiger partial charge in [0.2, 0.25) is 0 Å². The average molecular weight is 562 g/mol. The van der Waals surface area contributed by atoms with E-state index in [0.29, 0.717) is 31.4 Å². The number of imidazole rings is 1. The van der Waals surface area contributed by atoms with E-state index in [1.54, 1.807) is 48.6 Å². The highest BCUT2D eigenvalue weighted by atomic mass is 32.2. The van der Waals surface area contributed by atoms with Gasteiger partial charge < -0.3 is 15.0 Å². The van der Waals surface area contributed by atoms with Crippen molar-refractivity contribution >= 4 is 29.3 Å². The second kappa shape index (κ2) is 14.6. The Kier molecular flexibility index (Phi) is 10.7. The van der Waals surface area contributed by atoms with Crippen molar-refractivity contribution in [2.45, 2.75) is 31.8 Å². The number of aryl methyl sites for hydroxylation is 2. The van der Waals surface area contributed by atoms with Gasteiger partial charge in [-0.25, -0.2) is 13.8 Å². The number of amides is 1. The molecule has 0 spiro atoms. The van der Waals surface area contributed by atoms with Crippen molar-refractivity contribution in [3.63, 3.8) is 0 Å². The van der Waals surface area contributed by atoms with Crippen LogP contribution in [-0.4, -0.2) is 45.2 Å². The Hall–Kier alpha value is -3.75. The normalized spacial score (nSPS) is 12.3. The summed E-state index contributed by atoms with van der Waals surface area (Å²) in [6, 6.07) is 18.1. The highest BCUT2D eigenvalue weighted by molar-refractivity contribution is 7.98. The van der Waals surface area contributed by atoms with Crippen LogP contribution in [0.2, 0.25) is 0 Å². The van der Waals surface area contributed by atoms with Crippen molar-refractivity contribution < 1.29 is 18.7 Å². The van der Waals surface area contributed by atoms with Gasteiger partial charge in [-0.1, -0.05) is 36.4 Å². The number of aliphatic hydroxyl groups excluding tert-OH is 1. The summed E-state index contributed by atoms with van der Waals surface area (Å²) < 4.78 is 28.9. The van der Waals surface area contributed by atoms with Crippen LogP contribution in [0, 0.1) is 11.6 Å². The molecular weight excluding hydrogens is 528 g/mol. The van der Waals surface area contributed by atoms with E-state index < -0.39 is 0 Å². The van der Waals surface area contributed by atoms with E-state index in [1.807, 2.05) is 41.3 Å². The summed E-state index contributed by atoms with van der Waals surface area (Å²) in [6.45, 7) is 0.372. The fourth-order valence-electron chi connectivity index (χ4n) is 4.44. The molecule has 0 saturated carbocycles. The summed E-state index contributed by atoms with van der Waals surface area (Å²) in [6.07, 6.45) is 11.2. The van der Waals surface area contributed by atoms with Crippen molar-refractivity contribution in [1.82, 2.24) is 14.9 Å². The smallest absolute Gasteiger partial charge is 0.251 e. The van der Waals surface area contributed by atoms with Crippen LogP contribution in [0.15, 0.2) is 85.5 Å². The molecule has 0 saturated heterocycles. The lowest BCUT2D eigenvalue weighted by atomic mass is 9.95. The van der Waals surface area contributed by atoms with Crippen molar-refractivity contribution in [3.8, 4) is 0 Å². The molecule has 1 heterocycles. The van der Waals surface area contributed by atoms with Gasteiger partial charge in [0.1, 0.15) is 11.6 Å². The molecule has 0 aliphatic heterocycles. The lowest BCUT2D eigenvalue weighted by Crippen LogP contribution is -2.38. The van der Waals surface area contributed by atoms with E-state index in [2.05, 4.69) is 10.3 Å². The van der Waals surface area contributed by atoms with Gasteiger partial charge in [0.05, 0.1) is 19.0 Å². The topological polar surface area (TPSA) is 67.2 Å². The molecule has 5 nitrogen and oxygen atoms in total. The van der Waals surface area contributed by atoms with Gasteiger partial charge in [0.15, 0.2) is 0 Å². The molecule has 0 aliphatic rings. The first-order valence-corrected chi connectivity index (χ1v) is 14.5. The molecule has 4 rings (SSSR count). The van der Waals surface area contributed by atoms with E-state index in [-0.39, 0.29) is 30.2 Å². The molecule has 3 aromatic carbocycles. The van der Waals surface area contributed by atoms with Gasteiger partial charge in [-0.3, -0.25) is 4.79 Å². The number of allylic oxidation sites excluding steroid dienone is 1. The maximum atomic E-state index is 13.6. The Morgan fingerprint density at radius 1 is 1.05 bits per heavy atom. The standard InChI is InChI=1S/C32H33F2N3O2S/c1-40-17-14-30(21-38)36-32(39)31-19-24(3-7-26(31)6-2-23-4-10-28(33)11-5-23)18-27(20-37-16-15-35-22-37)25-8-12-29(34)13-9-25/h3-5,7-13,15-16,18-19,22,30,38H,2,6,14,17,20-21H2,1H3,(H,36,39)/b27-18-/t30-/m0/s1. The molecule has 1 amide bonds. The Morgan fingerprint density at radius 2 is 1.77 bits per heavy atom. The van der Waals surface area contributed by atoms with Crippen LogP contribution in [0.4, 0.5) is 8.78 Å². The van der Waals surface area contributed by atoms with E-state index in [9.17, 15) is 18.7 Å². The summed E-state index contributed by atoms with van der Waals surface area (Å²) in [7, 11) is 0. The molecule has 208 valence electrons. The van der Waals surface area contributed by atoms with E-state index in [1.165, 1.54) is 24.3 Å². The summed E-state index contributed by atoms with van der Waals surface area (Å²) in [5.41, 5.74) is 4.97. The number of carbonyl (C=O) groups excluding carboxylic acids is 1. The first kappa shape index (κ1) is 29.2. The van der Waals surface area contributed by atoms with E-state index in [0.717, 1.165) is 33.6 Å². The van der Waals surface area contributed by atoms with Crippen LogP contribution < -0.4 is 5.32 Å². The van der Waals surface area contributed by atoms with E-state index in [4.69, 9.17) is 0 Å². The van der Waals surface area contributed by atoms with Gasteiger partial charge in [0.25, 0.3) is 5.91 Å². The fourth-order valence-corrected chi connectivity index (χ4v) is 4.96. The first-order chi connectivity index (χ1) is 19.4. The lowest BCUT2D eigenvalue weighted by Gasteiger charge is -2.18. The third-order valence-corrected chi connectivity index (χ3v) is 7.31. The molecule has 8 heteroatoms. The van der Waals surface area contributed by atoms with Gasteiger partial charge in [-0.15, -0.1) is 0 Å². The van der Waals surface area contributed by atoms with Crippen LogP contribution in [-0.2, 0) is 19.4 Å². The molecular formula is C32H33F2N3O2S. The van der Waals surface area contributed by atoms with Crippen molar-refractivity contribution in [2.24, 2.45) is 0 Å². The minimum Gasteiger partial charge on any atom is -0.394 e. The summed E-state index contributed by atoms with van der Waals surface area (Å²) in [5.74, 6) is -0.0217. The zero-order chi connectivity index (χ0) is 28.3. The number of nitrogens with one attached hydrogen (secondary N) is 1. The number of halogens is 2. The average Bonchev–Trinajstić information content (AvgIpc) is 3.48. The Morgan fingerprint density at radius 3 is 2.42 bits per heavy atom. The number of carbonyl (C=O) groups is 1. The van der Waals surface area contributed by atoms with Gasteiger partial charge in [-0.05, 0) is 95.5 Å². The van der Waals surface area contributed by atoms with Crippen molar-refractivity contribution in [1.29, 1.82) is 0 Å². The van der Waals surface area contributed by atoms with Crippen LogP contribution >= 0.6 is 11.8 Å². The van der Waals surface area contributed by atoms with Gasteiger partial charge in [-0.2, -0.15) is 11.8 Å². The number of aromatic nitrogens is 2. The Labute approximate surface area is 238 Å². The second-order valence-electron chi connectivity index (χ2n) is 9.59. The minimum atomic E-state index is -0.347. The molecule has 0 bridgehead atoms. The van der Waals surface area contributed by atoms with Crippen LogP contribution in [0.1, 0.15) is 39.0 Å². The third-order valence-electron chi connectivity index (χ3n) is 6.67. The molecule has 0 aliphatic carbocycles. The highest BCUT2D eigenvalue weighted by Crippen LogP contribution is 2.24. The molecule has 40 heavy (non-hydrogen) atoms. The van der Waals surface area contributed by atoms with Crippen molar-refractivity contribution in [2.75, 3.05) is 18.6 Å². The molecule has 0 radical (unpaired) electrons. The predicted octanol–water partition coefficient (Wildman–Crippen LogP) is 6.03. The number of aliphatic hydroxyl groups is 1. The Bertz CT molecular complexity index is 1410. The van der Waals surface area contributed by atoms with Crippen LogP contribution in [0.3, 0.4) is 0 Å². The maximum absolute atomic E-state index is 13.6. The van der Waals surface area contributed by atoms with Crippen molar-refractivity contribution in [3.05, 3.63) is 125 Å². The quantitative estimate of drug-likeness (QED) is 0.196. The number of thioether (sulfide) groups is 1. The monoisotopic (exact) mass is 561 g/mol. The molecule has 0 unspecified atom stereocenters. The maximum Gasteiger partial charge on any atom is 0.251 e. The summed E-state index contributed by atoms with van der Waals surface area (Å²) in [5, 5.41) is 12.8. The van der Waals surface area contributed by atoms with Crippen LogP contribution in [0.5, 0.6) is 0 Å². The molecule has 4 aromatic rings. The summed E-state index contributed by atoms with van der Waals surface area (Å²) >= 11 is 1.66. The zero-order valence-corrected chi connectivity index (χ0v) is 23.2. The summed E-state index contributed by atoms with van der Waals surface area (Å²) in [4.78, 5) is 17.6. The Balaban J connectivity index is 1.67. The number of benzene rings is 3. The number of nitrogens with zero attached hydrogens (tertiary/aromatic N) is 2.